The Kier molecular flexibility index (Phi) is 8.30. The van der Waals surface area contributed by atoms with Gasteiger partial charge in [0, 0.05) is 18.3 Å². The molecule has 7 heteroatoms. The summed E-state index contributed by atoms with van der Waals surface area (Å²) in [6, 6.07) is 14.5. The molecule has 1 unspecified atom stereocenters. The second-order valence-electron chi connectivity index (χ2n) is 6.36. The van der Waals surface area contributed by atoms with Crippen molar-refractivity contribution >= 4 is 23.2 Å². The van der Waals surface area contributed by atoms with E-state index in [4.69, 9.17) is 9.47 Å². The van der Waals surface area contributed by atoms with Gasteiger partial charge in [0.25, 0.3) is 5.91 Å². The highest BCUT2D eigenvalue weighted by Gasteiger charge is 2.13. The van der Waals surface area contributed by atoms with E-state index in [9.17, 15) is 9.59 Å². The molecule has 0 aliphatic heterocycles. The quantitative estimate of drug-likeness (QED) is 0.579. The highest BCUT2D eigenvalue weighted by Crippen LogP contribution is 2.16. The van der Waals surface area contributed by atoms with Gasteiger partial charge >= 0.3 is 0 Å². The molecular weight excluding hydrogens is 358 g/mol. The fourth-order valence-corrected chi connectivity index (χ4v) is 2.65. The molecule has 150 valence electrons. The molecule has 1 atom stereocenters. The summed E-state index contributed by atoms with van der Waals surface area (Å²) in [7, 11) is 1.63. The third kappa shape index (κ3) is 7.28. The van der Waals surface area contributed by atoms with Gasteiger partial charge in [-0.2, -0.15) is 0 Å². The number of anilines is 2. The Morgan fingerprint density at radius 3 is 2.04 bits per heavy atom. The molecule has 2 aromatic carbocycles. The molecule has 0 aliphatic carbocycles. The van der Waals surface area contributed by atoms with Gasteiger partial charge in [0.2, 0.25) is 5.91 Å². The number of hydrogen-bond acceptors (Lipinski definition) is 4. The first-order valence-corrected chi connectivity index (χ1v) is 9.28. The maximum atomic E-state index is 12.3. The Balaban J connectivity index is 1.76. The first-order chi connectivity index (χ1) is 13.5. The Hall–Kier alpha value is -3.06. The third-order valence-electron chi connectivity index (χ3n) is 4.18. The van der Waals surface area contributed by atoms with Crippen molar-refractivity contribution in [2.45, 2.75) is 13.8 Å². The summed E-state index contributed by atoms with van der Waals surface area (Å²) in [4.78, 5) is 24.5. The number of carbonyl (C=O) groups is 2. The average Bonchev–Trinajstić information content (AvgIpc) is 2.68. The molecular formula is C21H28N3O4+. The number of ether oxygens (including phenoxy) is 2. The maximum absolute atomic E-state index is 12.3. The number of nitrogens with one attached hydrogen (secondary N) is 3. The summed E-state index contributed by atoms with van der Waals surface area (Å²) < 4.78 is 10.9. The van der Waals surface area contributed by atoms with Crippen LogP contribution in [0.1, 0.15) is 13.8 Å². The van der Waals surface area contributed by atoms with E-state index in [0.717, 1.165) is 29.5 Å². The first-order valence-electron chi connectivity index (χ1n) is 9.28. The lowest BCUT2D eigenvalue weighted by Gasteiger charge is -2.17. The van der Waals surface area contributed by atoms with Gasteiger partial charge in [-0.1, -0.05) is 0 Å². The van der Waals surface area contributed by atoms with E-state index in [-0.39, 0.29) is 11.8 Å². The average molecular weight is 386 g/mol. The largest absolute Gasteiger partial charge is 0.497 e. The summed E-state index contributed by atoms with van der Waals surface area (Å²) >= 11 is 0. The van der Waals surface area contributed by atoms with Crippen LogP contribution in [-0.2, 0) is 9.59 Å². The highest BCUT2D eigenvalue weighted by molar-refractivity contribution is 5.92. The molecule has 2 aromatic rings. The van der Waals surface area contributed by atoms with Crippen LogP contribution in [0.2, 0.25) is 0 Å². The summed E-state index contributed by atoms with van der Waals surface area (Å²) in [5.74, 6) is 1.37. The molecule has 7 nitrogen and oxygen atoms in total. The standard InChI is InChI=1S/C21H27N3O4/c1-4-24(13-14-28-20-11-9-19(27-3)10-12-20)15-21(26)23-18-7-5-17(6-8-18)22-16(2)25/h5-12H,4,13-15H2,1-3H3,(H,22,25)(H,23,26)/p+1. The second-order valence-corrected chi connectivity index (χ2v) is 6.36. The van der Waals surface area contributed by atoms with E-state index in [2.05, 4.69) is 10.6 Å². The van der Waals surface area contributed by atoms with Gasteiger partial charge < -0.3 is 25.0 Å². The van der Waals surface area contributed by atoms with Crippen molar-refractivity contribution in [2.24, 2.45) is 0 Å². The van der Waals surface area contributed by atoms with Crippen LogP contribution < -0.4 is 25.0 Å². The molecule has 2 amide bonds. The fourth-order valence-electron chi connectivity index (χ4n) is 2.65. The minimum Gasteiger partial charge on any atom is -0.497 e. The van der Waals surface area contributed by atoms with E-state index in [1.165, 1.54) is 6.92 Å². The van der Waals surface area contributed by atoms with Crippen molar-refractivity contribution < 1.29 is 24.0 Å². The van der Waals surface area contributed by atoms with Crippen LogP contribution in [0.5, 0.6) is 11.5 Å². The summed E-state index contributed by atoms with van der Waals surface area (Å²) in [6.45, 7) is 5.91. The maximum Gasteiger partial charge on any atom is 0.279 e. The van der Waals surface area contributed by atoms with Crippen LogP contribution in [0, 0.1) is 0 Å². The zero-order valence-corrected chi connectivity index (χ0v) is 16.6. The fraction of sp³-hybridized carbons (Fsp3) is 0.333. The van der Waals surface area contributed by atoms with Crippen LogP contribution in [0.4, 0.5) is 11.4 Å². The van der Waals surface area contributed by atoms with E-state index in [0.29, 0.717) is 24.5 Å². The number of rotatable bonds is 10. The van der Waals surface area contributed by atoms with E-state index < -0.39 is 0 Å². The molecule has 28 heavy (non-hydrogen) atoms. The van der Waals surface area contributed by atoms with Crippen LogP contribution in [0.15, 0.2) is 48.5 Å². The molecule has 0 spiro atoms. The van der Waals surface area contributed by atoms with E-state index in [1.807, 2.05) is 31.2 Å². The molecule has 0 bridgehead atoms. The number of amides is 2. The Morgan fingerprint density at radius 2 is 1.50 bits per heavy atom. The van der Waals surface area contributed by atoms with Crippen LogP contribution >= 0.6 is 0 Å². The Morgan fingerprint density at radius 1 is 0.929 bits per heavy atom. The minimum absolute atomic E-state index is 0.0615. The second kappa shape index (κ2) is 10.9. The van der Waals surface area contributed by atoms with E-state index in [1.54, 1.807) is 31.4 Å². The number of benzene rings is 2. The van der Waals surface area contributed by atoms with Crippen molar-refractivity contribution in [1.82, 2.24) is 0 Å². The molecule has 0 radical (unpaired) electrons. The van der Waals surface area contributed by atoms with Gasteiger partial charge in [-0.15, -0.1) is 0 Å². The van der Waals surface area contributed by atoms with Gasteiger partial charge in [0.1, 0.15) is 24.7 Å². The lowest BCUT2D eigenvalue weighted by atomic mass is 10.2. The van der Waals surface area contributed by atoms with Crippen molar-refractivity contribution in [3.63, 3.8) is 0 Å². The van der Waals surface area contributed by atoms with Crippen molar-refractivity contribution in [2.75, 3.05) is 44.0 Å². The molecule has 0 heterocycles. The number of quaternary nitrogens is 1. The smallest absolute Gasteiger partial charge is 0.279 e. The normalized spacial score (nSPS) is 11.4. The van der Waals surface area contributed by atoms with Gasteiger partial charge in [-0.25, -0.2) is 0 Å². The lowest BCUT2D eigenvalue weighted by molar-refractivity contribution is -0.889. The third-order valence-corrected chi connectivity index (χ3v) is 4.18. The highest BCUT2D eigenvalue weighted by atomic mass is 16.5. The predicted molar refractivity (Wildman–Crippen MR) is 109 cm³/mol. The molecule has 0 aromatic heterocycles. The number of carbonyl (C=O) groups excluding carboxylic acids is 2. The van der Waals surface area contributed by atoms with Gasteiger partial charge in [-0.05, 0) is 55.5 Å². The van der Waals surface area contributed by atoms with Crippen LogP contribution in [0.3, 0.4) is 0 Å². The molecule has 2 rings (SSSR count). The Labute approximate surface area is 165 Å². The predicted octanol–water partition coefficient (Wildman–Crippen LogP) is 1.58. The SMILES string of the molecule is CC[NH+](CCOc1ccc(OC)cc1)CC(=O)Nc1ccc(NC(C)=O)cc1. The molecule has 0 saturated heterocycles. The molecule has 3 N–H and O–H groups in total. The molecule has 0 fully saturated rings. The van der Waals surface area contributed by atoms with Crippen molar-refractivity contribution in [1.29, 1.82) is 0 Å². The molecule has 0 aliphatic rings. The summed E-state index contributed by atoms with van der Waals surface area (Å²) in [5.41, 5.74) is 1.39. The number of methoxy groups -OCH3 is 1. The van der Waals surface area contributed by atoms with Crippen molar-refractivity contribution in [3.8, 4) is 11.5 Å². The minimum atomic E-state index is -0.129. The first kappa shape index (κ1) is 21.2. The lowest BCUT2D eigenvalue weighted by Crippen LogP contribution is -3.13. The zero-order valence-electron chi connectivity index (χ0n) is 16.6. The number of likely N-dealkylation sites (N-methyl/N-ethyl adjacent to an activating group) is 1. The van der Waals surface area contributed by atoms with Crippen LogP contribution in [0.25, 0.3) is 0 Å². The van der Waals surface area contributed by atoms with E-state index >= 15 is 0 Å². The van der Waals surface area contributed by atoms with Crippen LogP contribution in [-0.4, -0.2) is 45.2 Å². The monoisotopic (exact) mass is 386 g/mol. The van der Waals surface area contributed by atoms with Gasteiger partial charge in [0.15, 0.2) is 6.54 Å². The van der Waals surface area contributed by atoms with Gasteiger partial charge in [0.05, 0.1) is 13.7 Å². The Bertz CT molecular complexity index is 760. The zero-order chi connectivity index (χ0) is 20.4. The molecule has 0 saturated carbocycles. The summed E-state index contributed by atoms with van der Waals surface area (Å²) in [5, 5.41) is 5.57. The van der Waals surface area contributed by atoms with Gasteiger partial charge in [-0.3, -0.25) is 9.59 Å². The van der Waals surface area contributed by atoms with Crippen molar-refractivity contribution in [3.05, 3.63) is 48.5 Å². The topological polar surface area (TPSA) is 81.1 Å². The summed E-state index contributed by atoms with van der Waals surface area (Å²) in [6.07, 6.45) is 0. The number of hydrogen-bond donors (Lipinski definition) is 3.